The molecule has 0 radical (unpaired) electrons. The first-order valence-electron chi connectivity index (χ1n) is 17.1. The Morgan fingerprint density at radius 2 is 1.76 bits per heavy atom. The van der Waals surface area contributed by atoms with Crippen molar-refractivity contribution in [2.24, 2.45) is 5.92 Å². The minimum Gasteiger partial charge on any atom is -0.497 e. The summed E-state index contributed by atoms with van der Waals surface area (Å²) in [6.07, 6.45) is 2.03. The van der Waals surface area contributed by atoms with Crippen molar-refractivity contribution in [3.8, 4) is 23.0 Å². The number of sulfonamides is 1. The van der Waals surface area contributed by atoms with E-state index in [1.807, 2.05) is 39.1 Å². The molecule has 0 aliphatic carbocycles. The van der Waals surface area contributed by atoms with Crippen LogP contribution in [0.2, 0.25) is 0 Å². The highest BCUT2D eigenvalue weighted by Gasteiger charge is 2.31. The van der Waals surface area contributed by atoms with Gasteiger partial charge in [0.15, 0.2) is 11.5 Å². The molecule has 50 heavy (non-hydrogen) atoms. The number of benzene rings is 3. The molecule has 0 saturated carbocycles. The van der Waals surface area contributed by atoms with E-state index >= 15 is 0 Å². The number of nitrogens with zero attached hydrogens (tertiary/aromatic N) is 2. The Bertz CT molecular complexity index is 1700. The summed E-state index contributed by atoms with van der Waals surface area (Å²) in [5, 5.41) is 10.3. The molecule has 0 aromatic heterocycles. The Hall–Kier alpha value is -4.04. The fourth-order valence-electron chi connectivity index (χ4n) is 6.14. The lowest BCUT2D eigenvalue weighted by Gasteiger charge is -2.36. The van der Waals surface area contributed by atoms with Crippen LogP contribution in [0.5, 0.6) is 23.0 Å². The molecule has 0 saturated heterocycles. The lowest BCUT2D eigenvalue weighted by Crippen LogP contribution is -2.47. The maximum atomic E-state index is 14.5. The molecule has 0 spiro atoms. The molecule has 13 heteroatoms. The number of methoxy groups -OCH3 is 1. The average Bonchev–Trinajstić information content (AvgIpc) is 3.57. The topological polar surface area (TPSA) is 136 Å². The summed E-state index contributed by atoms with van der Waals surface area (Å²) in [7, 11) is -0.432. The van der Waals surface area contributed by atoms with Crippen molar-refractivity contribution < 1.29 is 42.0 Å². The van der Waals surface area contributed by atoms with Crippen LogP contribution in [-0.2, 0) is 21.3 Å². The number of rotatable bonds is 10. The summed E-state index contributed by atoms with van der Waals surface area (Å²) in [6, 6.07) is 16.2. The molecular formula is C37H49N3O9S. The van der Waals surface area contributed by atoms with Gasteiger partial charge in [-0.1, -0.05) is 13.0 Å². The van der Waals surface area contributed by atoms with Crippen LogP contribution in [0.15, 0.2) is 65.6 Å². The first-order chi connectivity index (χ1) is 24.0. The van der Waals surface area contributed by atoms with Gasteiger partial charge in [0.2, 0.25) is 6.79 Å². The molecule has 272 valence electrons. The molecule has 4 atom stereocenters. The van der Waals surface area contributed by atoms with Crippen LogP contribution in [0.1, 0.15) is 56.0 Å². The van der Waals surface area contributed by atoms with Gasteiger partial charge < -0.3 is 33.7 Å². The second-order valence-corrected chi connectivity index (χ2v) is 14.9. The molecule has 2 N–H and O–H groups in total. The predicted octanol–water partition coefficient (Wildman–Crippen LogP) is 5.15. The number of carbonyl (C=O) groups excluding carboxylic acids is 1. The SMILES string of the molecule is COc1ccc(S(=O)(=O)Nc2ccc3c(c2)C(=O)N([C@H](C)CO)C[C@@H](C)[C@@H](CN(C)Cc2ccc4c(c2)OCO4)OCCCC[C@H](C)O3)cc1. The van der Waals surface area contributed by atoms with Gasteiger partial charge in [0.1, 0.15) is 11.5 Å². The van der Waals surface area contributed by atoms with E-state index in [1.54, 1.807) is 36.1 Å². The predicted molar refractivity (Wildman–Crippen MR) is 190 cm³/mol. The van der Waals surface area contributed by atoms with Crippen molar-refractivity contribution in [2.75, 3.05) is 52.0 Å². The Labute approximate surface area is 295 Å². The minimum absolute atomic E-state index is 0.0495. The van der Waals surface area contributed by atoms with E-state index in [2.05, 4.69) is 9.62 Å². The fourth-order valence-corrected chi connectivity index (χ4v) is 7.19. The molecule has 1 amide bonds. The molecule has 5 rings (SSSR count). The second kappa shape index (κ2) is 16.8. The molecule has 2 aliphatic rings. The maximum absolute atomic E-state index is 14.5. The molecule has 0 fully saturated rings. The normalized spacial score (nSPS) is 20.8. The summed E-state index contributed by atoms with van der Waals surface area (Å²) < 4.78 is 58.2. The third kappa shape index (κ3) is 9.39. The van der Waals surface area contributed by atoms with E-state index in [0.29, 0.717) is 37.7 Å². The van der Waals surface area contributed by atoms with Gasteiger partial charge >= 0.3 is 0 Å². The number of likely N-dealkylation sites (N-methyl/N-ethyl adjacent to an activating group) is 1. The number of fused-ring (bicyclic) bond motifs is 2. The van der Waals surface area contributed by atoms with E-state index < -0.39 is 16.1 Å². The fraction of sp³-hybridized carbons (Fsp3) is 0.486. The van der Waals surface area contributed by atoms with E-state index in [0.717, 1.165) is 36.3 Å². The summed E-state index contributed by atoms with van der Waals surface area (Å²) in [5.41, 5.74) is 1.50. The Balaban J connectivity index is 1.40. The summed E-state index contributed by atoms with van der Waals surface area (Å²) in [5.74, 6) is 1.87. The minimum atomic E-state index is -3.98. The molecule has 2 aliphatic heterocycles. The molecule has 2 heterocycles. The van der Waals surface area contributed by atoms with Gasteiger partial charge in [0.05, 0.1) is 42.4 Å². The Kier molecular flexibility index (Phi) is 12.5. The van der Waals surface area contributed by atoms with E-state index in [-0.39, 0.29) is 53.6 Å². The van der Waals surface area contributed by atoms with Crippen molar-refractivity contribution in [3.05, 3.63) is 71.8 Å². The molecule has 12 nitrogen and oxygen atoms in total. The highest BCUT2D eigenvalue weighted by Crippen LogP contribution is 2.33. The van der Waals surface area contributed by atoms with Crippen molar-refractivity contribution in [3.63, 3.8) is 0 Å². The quantitative estimate of drug-likeness (QED) is 0.291. The average molecular weight is 712 g/mol. The molecule has 3 aromatic carbocycles. The lowest BCUT2D eigenvalue weighted by molar-refractivity contribution is -0.0177. The van der Waals surface area contributed by atoms with Crippen LogP contribution < -0.4 is 23.7 Å². The van der Waals surface area contributed by atoms with Crippen LogP contribution in [-0.4, -0.2) is 94.7 Å². The first kappa shape index (κ1) is 37.2. The largest absolute Gasteiger partial charge is 0.497 e. The van der Waals surface area contributed by atoms with Gasteiger partial charge in [0.25, 0.3) is 15.9 Å². The Morgan fingerprint density at radius 3 is 2.50 bits per heavy atom. The van der Waals surface area contributed by atoms with Crippen LogP contribution in [0.4, 0.5) is 5.69 Å². The van der Waals surface area contributed by atoms with Gasteiger partial charge in [-0.25, -0.2) is 8.42 Å². The van der Waals surface area contributed by atoms with Gasteiger partial charge in [-0.15, -0.1) is 0 Å². The second-order valence-electron chi connectivity index (χ2n) is 13.2. The Morgan fingerprint density at radius 1 is 1.02 bits per heavy atom. The number of hydrogen-bond acceptors (Lipinski definition) is 10. The molecular weight excluding hydrogens is 662 g/mol. The van der Waals surface area contributed by atoms with Gasteiger partial charge in [-0.2, -0.15) is 0 Å². The van der Waals surface area contributed by atoms with Crippen molar-refractivity contribution >= 4 is 21.6 Å². The molecule has 0 bridgehead atoms. The van der Waals surface area contributed by atoms with Gasteiger partial charge in [-0.05, 0) is 100 Å². The standard InChI is InChI=1S/C37H49N3O9S/c1-25-20-40(26(2)23-41)37(42)32-19-29(38-50(43,44)31-13-11-30(45-5)12-14-31)10-16-33(32)49-27(3)8-6-7-17-46-36(25)22-39(4)21-28-9-15-34-35(18-28)48-24-47-34/h9-16,18-19,25-27,36,38,41H,6-8,17,20-24H2,1-5H3/t25-,26-,27+,36-/m1/s1. The smallest absolute Gasteiger partial charge is 0.261 e. The number of aliphatic hydroxyl groups excluding tert-OH is 1. The van der Waals surface area contributed by atoms with Crippen molar-refractivity contribution in [2.45, 2.75) is 69.7 Å². The van der Waals surface area contributed by atoms with Gasteiger partial charge in [-0.3, -0.25) is 14.4 Å². The maximum Gasteiger partial charge on any atom is 0.261 e. The highest BCUT2D eigenvalue weighted by atomic mass is 32.2. The lowest BCUT2D eigenvalue weighted by atomic mass is 10.0. The number of anilines is 1. The number of hydrogen-bond donors (Lipinski definition) is 2. The molecule has 0 unspecified atom stereocenters. The monoisotopic (exact) mass is 711 g/mol. The highest BCUT2D eigenvalue weighted by molar-refractivity contribution is 7.92. The van der Waals surface area contributed by atoms with Crippen molar-refractivity contribution in [1.82, 2.24) is 9.80 Å². The zero-order valence-electron chi connectivity index (χ0n) is 29.5. The van der Waals surface area contributed by atoms with Gasteiger partial charge in [0, 0.05) is 37.8 Å². The summed E-state index contributed by atoms with van der Waals surface area (Å²) in [4.78, 5) is 18.3. The van der Waals surface area contributed by atoms with Crippen LogP contribution in [0.25, 0.3) is 0 Å². The van der Waals surface area contributed by atoms with Crippen molar-refractivity contribution in [1.29, 1.82) is 0 Å². The van der Waals surface area contributed by atoms with Crippen LogP contribution in [0.3, 0.4) is 0 Å². The molecule has 3 aromatic rings. The summed E-state index contributed by atoms with van der Waals surface area (Å²) in [6.45, 7) is 7.88. The van der Waals surface area contributed by atoms with Crippen LogP contribution in [0, 0.1) is 5.92 Å². The number of nitrogens with one attached hydrogen (secondary N) is 1. The third-order valence-corrected chi connectivity index (χ3v) is 10.5. The zero-order valence-corrected chi connectivity index (χ0v) is 30.3. The van der Waals surface area contributed by atoms with E-state index in [4.69, 9.17) is 23.7 Å². The van der Waals surface area contributed by atoms with E-state index in [1.165, 1.54) is 25.3 Å². The van der Waals surface area contributed by atoms with E-state index in [9.17, 15) is 18.3 Å². The summed E-state index contributed by atoms with van der Waals surface area (Å²) >= 11 is 0. The number of ether oxygens (including phenoxy) is 5. The zero-order chi connectivity index (χ0) is 35.8. The number of aliphatic hydroxyl groups is 1. The number of amides is 1. The third-order valence-electron chi connectivity index (χ3n) is 9.05. The first-order valence-corrected chi connectivity index (χ1v) is 18.5. The number of carbonyl (C=O) groups is 1. The van der Waals surface area contributed by atoms with Crippen LogP contribution >= 0.6 is 0 Å².